The summed E-state index contributed by atoms with van der Waals surface area (Å²) < 4.78 is 10.6. The summed E-state index contributed by atoms with van der Waals surface area (Å²) in [5.74, 6) is 0. The molecule has 0 fully saturated rings. The maximum atomic E-state index is 5.91. The van der Waals surface area contributed by atoms with Gasteiger partial charge in [-0.05, 0) is 36.8 Å². The minimum absolute atomic E-state index is 0.941. The van der Waals surface area contributed by atoms with E-state index in [0.717, 1.165) is 16.5 Å². The average Bonchev–Trinajstić information content (AvgIpc) is 3.25. The molecule has 3 heteroatoms. The number of fused-ring (bicyclic) bond motifs is 10. The van der Waals surface area contributed by atoms with Crippen LogP contribution in [0.25, 0.3) is 49.3 Å². The van der Waals surface area contributed by atoms with Gasteiger partial charge in [-0.15, -0.1) is 0 Å². The molecule has 3 aromatic heterocycles. The van der Waals surface area contributed by atoms with Crippen molar-refractivity contribution in [3.63, 3.8) is 0 Å². The Morgan fingerprint density at radius 3 is 2.65 bits per heavy atom. The van der Waals surface area contributed by atoms with Gasteiger partial charge in [0.2, 0.25) is 5.52 Å². The van der Waals surface area contributed by atoms with Crippen molar-refractivity contribution in [2.75, 3.05) is 0 Å². The van der Waals surface area contributed by atoms with Gasteiger partial charge in [-0.25, -0.2) is 4.57 Å². The molecule has 0 saturated heterocycles. The van der Waals surface area contributed by atoms with Gasteiger partial charge in [0, 0.05) is 16.2 Å². The first kappa shape index (κ1) is 13.9. The number of benzene rings is 3. The van der Waals surface area contributed by atoms with Crippen LogP contribution in [0.3, 0.4) is 0 Å². The Balaban J connectivity index is 2.12. The monoisotopic (exact) mass is 337 g/mol. The summed E-state index contributed by atoms with van der Waals surface area (Å²) in [6, 6.07) is 21.6. The second-order valence-corrected chi connectivity index (χ2v) is 7.00. The molecule has 0 aliphatic rings. The van der Waals surface area contributed by atoms with Crippen LogP contribution in [0.5, 0.6) is 0 Å². The fraction of sp³-hybridized carbons (Fsp3) is 0.0870. The highest BCUT2D eigenvalue weighted by Gasteiger charge is 2.26. The molecule has 0 N–H and O–H groups in total. The highest BCUT2D eigenvalue weighted by Crippen LogP contribution is 2.35. The number of nitrogens with zero attached hydrogens (tertiary/aromatic N) is 2. The summed E-state index contributed by atoms with van der Waals surface area (Å²) in [6.45, 7) is 2.19. The van der Waals surface area contributed by atoms with Crippen LogP contribution in [0.15, 0.2) is 71.3 Å². The van der Waals surface area contributed by atoms with Gasteiger partial charge in [-0.1, -0.05) is 36.4 Å². The van der Waals surface area contributed by atoms with E-state index in [2.05, 4.69) is 77.5 Å². The first-order valence-electron chi connectivity index (χ1n) is 8.86. The average molecular weight is 337 g/mol. The molecule has 6 aromatic rings. The zero-order chi connectivity index (χ0) is 17.4. The summed E-state index contributed by atoms with van der Waals surface area (Å²) in [4.78, 5) is 0. The largest absolute Gasteiger partial charge is 0.460 e. The van der Waals surface area contributed by atoms with Crippen LogP contribution in [0, 0.1) is 6.92 Å². The third kappa shape index (κ3) is 1.51. The molecule has 0 saturated carbocycles. The van der Waals surface area contributed by atoms with Crippen molar-refractivity contribution in [3.8, 4) is 0 Å². The molecule has 0 bridgehead atoms. The molecule has 3 heterocycles. The van der Waals surface area contributed by atoms with E-state index in [-0.39, 0.29) is 0 Å². The summed E-state index contributed by atoms with van der Waals surface area (Å²) in [7, 11) is 2.15. The Bertz CT molecular complexity index is 1500. The molecular weight excluding hydrogens is 320 g/mol. The molecule has 0 aliphatic carbocycles. The minimum atomic E-state index is 0.941. The second kappa shape index (κ2) is 4.64. The van der Waals surface area contributed by atoms with Crippen LogP contribution in [-0.4, -0.2) is 4.40 Å². The van der Waals surface area contributed by atoms with Crippen LogP contribution in [0.4, 0.5) is 0 Å². The smallest absolute Gasteiger partial charge is 0.295 e. The van der Waals surface area contributed by atoms with E-state index in [4.69, 9.17) is 4.42 Å². The Morgan fingerprint density at radius 2 is 1.73 bits per heavy atom. The number of pyridine rings is 1. The van der Waals surface area contributed by atoms with Gasteiger partial charge < -0.3 is 4.42 Å². The van der Waals surface area contributed by atoms with E-state index in [1.54, 1.807) is 6.26 Å². The third-order valence-electron chi connectivity index (χ3n) is 5.62. The lowest BCUT2D eigenvalue weighted by Crippen LogP contribution is -2.27. The van der Waals surface area contributed by atoms with E-state index < -0.39 is 0 Å². The number of imidazole rings is 1. The summed E-state index contributed by atoms with van der Waals surface area (Å²) in [5, 5.41) is 4.98. The molecule has 0 atom stereocenters. The molecule has 124 valence electrons. The Kier molecular flexibility index (Phi) is 2.48. The van der Waals surface area contributed by atoms with Gasteiger partial charge in [-0.3, -0.25) is 0 Å². The maximum absolute atomic E-state index is 5.91. The van der Waals surface area contributed by atoms with E-state index in [1.165, 1.54) is 38.4 Å². The molecule has 0 unspecified atom stereocenters. The van der Waals surface area contributed by atoms with Gasteiger partial charge in [0.15, 0.2) is 11.1 Å². The number of rotatable bonds is 0. The van der Waals surface area contributed by atoms with E-state index in [1.807, 2.05) is 6.07 Å². The van der Waals surface area contributed by atoms with Crippen molar-refractivity contribution in [2.24, 2.45) is 7.05 Å². The number of hydrogen-bond donors (Lipinski definition) is 0. The lowest BCUT2D eigenvalue weighted by atomic mass is 10.0. The maximum Gasteiger partial charge on any atom is 0.295 e. The van der Waals surface area contributed by atoms with Crippen molar-refractivity contribution in [1.29, 1.82) is 0 Å². The van der Waals surface area contributed by atoms with E-state index in [0.29, 0.717) is 0 Å². The number of aromatic nitrogens is 2. The molecule has 3 nitrogen and oxygen atoms in total. The normalized spacial score (nSPS) is 12.2. The number of aryl methyl sites for hydroxylation is 2. The Morgan fingerprint density at radius 1 is 0.885 bits per heavy atom. The lowest BCUT2D eigenvalue weighted by molar-refractivity contribution is -0.617. The first-order valence-corrected chi connectivity index (χ1v) is 8.86. The summed E-state index contributed by atoms with van der Waals surface area (Å²) in [6.07, 6.45) is 1.78. The Hall–Kier alpha value is -3.33. The fourth-order valence-corrected chi connectivity index (χ4v) is 4.46. The van der Waals surface area contributed by atoms with Crippen molar-refractivity contribution in [1.82, 2.24) is 4.40 Å². The number of furan rings is 1. The minimum Gasteiger partial charge on any atom is -0.460 e. The summed E-state index contributed by atoms with van der Waals surface area (Å²) in [5.41, 5.74) is 6.94. The van der Waals surface area contributed by atoms with Crippen molar-refractivity contribution >= 4 is 49.3 Å². The molecule has 0 spiro atoms. The lowest BCUT2D eigenvalue weighted by Gasteiger charge is -2.06. The highest BCUT2D eigenvalue weighted by atomic mass is 16.3. The Labute approximate surface area is 149 Å². The van der Waals surface area contributed by atoms with Crippen LogP contribution in [0.1, 0.15) is 5.56 Å². The van der Waals surface area contributed by atoms with Gasteiger partial charge >= 0.3 is 0 Å². The molecule has 0 aliphatic heterocycles. The van der Waals surface area contributed by atoms with Crippen molar-refractivity contribution in [2.45, 2.75) is 6.92 Å². The second-order valence-electron chi connectivity index (χ2n) is 7.00. The molecule has 0 amide bonds. The molecule has 0 radical (unpaired) electrons. The predicted molar refractivity (Wildman–Crippen MR) is 106 cm³/mol. The zero-order valence-electron chi connectivity index (χ0n) is 14.7. The first-order chi connectivity index (χ1) is 12.8. The number of para-hydroxylation sites is 1. The molecule has 26 heavy (non-hydrogen) atoms. The van der Waals surface area contributed by atoms with E-state index in [9.17, 15) is 0 Å². The SMILES string of the molecule is Cc1cccc2c3ccccc3n3c4c5occc5ccc4[n+](C)c3c12. The third-order valence-corrected chi connectivity index (χ3v) is 5.62. The van der Waals surface area contributed by atoms with Crippen molar-refractivity contribution in [3.05, 3.63) is 72.5 Å². The zero-order valence-corrected chi connectivity index (χ0v) is 14.7. The topological polar surface area (TPSA) is 21.4 Å². The van der Waals surface area contributed by atoms with Gasteiger partial charge in [0.25, 0.3) is 5.65 Å². The molecular formula is C23H17N2O+. The van der Waals surface area contributed by atoms with E-state index >= 15 is 0 Å². The molecule has 3 aromatic carbocycles. The van der Waals surface area contributed by atoms with Crippen LogP contribution in [0.2, 0.25) is 0 Å². The van der Waals surface area contributed by atoms with Gasteiger partial charge in [-0.2, -0.15) is 4.40 Å². The highest BCUT2D eigenvalue weighted by molar-refractivity contribution is 6.15. The van der Waals surface area contributed by atoms with Gasteiger partial charge in [0.1, 0.15) is 5.52 Å². The fourth-order valence-electron chi connectivity index (χ4n) is 4.46. The predicted octanol–water partition coefficient (Wildman–Crippen LogP) is 5.28. The van der Waals surface area contributed by atoms with Crippen LogP contribution < -0.4 is 4.57 Å². The molecule has 6 rings (SSSR count). The van der Waals surface area contributed by atoms with Gasteiger partial charge in [0.05, 0.1) is 18.7 Å². The quantitative estimate of drug-likeness (QED) is 0.273. The van der Waals surface area contributed by atoms with Crippen LogP contribution in [-0.2, 0) is 7.05 Å². The van der Waals surface area contributed by atoms with Crippen LogP contribution >= 0.6 is 0 Å². The number of hydrogen-bond acceptors (Lipinski definition) is 1. The van der Waals surface area contributed by atoms with Crippen molar-refractivity contribution < 1.29 is 8.98 Å². The standard InChI is InChI=1S/C23H17N2O/c1-14-6-5-8-17-16-7-3-4-9-18(16)25-21-19(24(2)23(25)20(14)17)11-10-15-12-13-26-22(15)21/h3-13H,1-2H3/q+1. The summed E-state index contributed by atoms with van der Waals surface area (Å²) >= 11 is 0.